The topological polar surface area (TPSA) is 43.1 Å². The van der Waals surface area contributed by atoms with Crippen LogP contribution >= 0.6 is 0 Å². The van der Waals surface area contributed by atoms with Crippen LogP contribution in [0.5, 0.6) is 0 Å². The third-order valence-electron chi connectivity index (χ3n) is 1.05. The molecule has 0 unspecified atom stereocenters. The van der Waals surface area contributed by atoms with Crippen molar-refractivity contribution in [3.05, 3.63) is 34.4 Å². The van der Waals surface area contributed by atoms with Crippen LogP contribution in [0.1, 0.15) is 0 Å². The number of hydrogen-bond donors (Lipinski definition) is 0. The van der Waals surface area contributed by atoms with E-state index in [9.17, 15) is 10.1 Å². The number of benzene rings is 1. The quantitative estimate of drug-likeness (QED) is 0.300. The van der Waals surface area contributed by atoms with Gasteiger partial charge in [0.2, 0.25) is 0 Å². The Labute approximate surface area is 84.2 Å². The van der Waals surface area contributed by atoms with Crippen LogP contribution in [0.25, 0.3) is 0 Å². The van der Waals surface area contributed by atoms with Crippen LogP contribution in [-0.4, -0.2) is 4.92 Å². The van der Waals surface area contributed by atoms with E-state index < -0.39 is 4.92 Å². The largest absolute Gasteiger partial charge is 0.780 e. The molecule has 1 rings (SSSR count). The molecule has 3 nitrogen and oxygen atoms in total. The Morgan fingerprint density at radius 3 is 2.09 bits per heavy atom. The van der Waals surface area contributed by atoms with Crippen molar-refractivity contribution in [2.45, 2.75) is 4.90 Å². The minimum atomic E-state index is -0.450. The summed E-state index contributed by atoms with van der Waals surface area (Å²) in [6.07, 6.45) is 0. The van der Waals surface area contributed by atoms with Crippen molar-refractivity contribution in [1.29, 1.82) is 0 Å². The maximum absolute atomic E-state index is 10.1. The summed E-state index contributed by atoms with van der Waals surface area (Å²) in [6, 6.07) is 5.85. The van der Waals surface area contributed by atoms with Crippen molar-refractivity contribution in [1.82, 2.24) is 0 Å². The van der Waals surface area contributed by atoms with Gasteiger partial charge in [-0.25, -0.2) is 0 Å². The predicted molar refractivity (Wildman–Crippen MR) is 38.7 cm³/mol. The monoisotopic (exact) mass is 202 g/mol. The number of rotatable bonds is 1. The van der Waals surface area contributed by atoms with Crippen molar-refractivity contribution in [3.8, 4) is 0 Å². The smallest absolute Gasteiger partial charge is 0.269 e. The molecule has 0 aromatic heterocycles. The molecule has 11 heavy (non-hydrogen) atoms. The van der Waals surface area contributed by atoms with E-state index in [1.54, 1.807) is 0 Å². The predicted octanol–water partition coefficient (Wildman–Crippen LogP) is 1.50. The summed E-state index contributed by atoms with van der Waals surface area (Å²) in [4.78, 5) is 10.3. The Balaban J connectivity index is 0.000001000. The van der Waals surface area contributed by atoms with Crippen LogP contribution in [0.2, 0.25) is 0 Å². The maximum atomic E-state index is 10.1. The van der Waals surface area contributed by atoms with Crippen LogP contribution in [0, 0.1) is 10.1 Å². The summed E-state index contributed by atoms with van der Waals surface area (Å²) >= 11 is 4.74. The van der Waals surface area contributed by atoms with Gasteiger partial charge in [0.25, 0.3) is 5.69 Å². The van der Waals surface area contributed by atoms with Gasteiger partial charge in [-0.1, -0.05) is 12.1 Å². The number of nitro benzene ring substituents is 1. The molecule has 0 radical (unpaired) electrons. The SMILES string of the molecule is O=[N+]([O-])c1ccc([S-])cc1.[Ti]. The van der Waals surface area contributed by atoms with Crippen LogP contribution in [0.4, 0.5) is 5.69 Å². The van der Waals surface area contributed by atoms with Gasteiger partial charge in [0.1, 0.15) is 0 Å². The fourth-order valence-corrected chi connectivity index (χ4v) is 0.704. The standard InChI is InChI=1S/C6H5NO2S.Ti/c8-7(9)5-1-3-6(10)4-2-5;/h1-4,10H;/p-1. The first-order valence-corrected chi connectivity index (χ1v) is 3.02. The molecule has 0 atom stereocenters. The Morgan fingerprint density at radius 2 is 1.73 bits per heavy atom. The zero-order chi connectivity index (χ0) is 7.56. The molecule has 0 heterocycles. The van der Waals surface area contributed by atoms with Gasteiger partial charge >= 0.3 is 0 Å². The van der Waals surface area contributed by atoms with Crippen molar-refractivity contribution in [2.24, 2.45) is 0 Å². The minimum absolute atomic E-state index is 0. The number of non-ortho nitro benzene ring substituents is 1. The minimum Gasteiger partial charge on any atom is -0.780 e. The molecule has 0 N–H and O–H groups in total. The van der Waals surface area contributed by atoms with Crippen molar-refractivity contribution in [2.75, 3.05) is 0 Å². The number of nitrogens with zero attached hydrogens (tertiary/aromatic N) is 1. The summed E-state index contributed by atoms with van der Waals surface area (Å²) in [5, 5.41) is 10.1. The van der Waals surface area contributed by atoms with Crippen molar-refractivity contribution < 1.29 is 26.6 Å². The van der Waals surface area contributed by atoms with Gasteiger partial charge in [0.05, 0.1) is 4.92 Å². The second-order valence-electron chi connectivity index (χ2n) is 1.75. The van der Waals surface area contributed by atoms with E-state index in [0.29, 0.717) is 4.90 Å². The molecule has 56 valence electrons. The van der Waals surface area contributed by atoms with Gasteiger partial charge in [-0.05, 0) is 0 Å². The molecule has 0 amide bonds. The molecule has 1 aromatic carbocycles. The van der Waals surface area contributed by atoms with Gasteiger partial charge < -0.3 is 12.6 Å². The molecule has 0 aliphatic rings. The van der Waals surface area contributed by atoms with Gasteiger partial charge in [0, 0.05) is 33.9 Å². The maximum Gasteiger partial charge on any atom is 0.269 e. The summed E-state index contributed by atoms with van der Waals surface area (Å²) < 4.78 is 0. The molecule has 1 aromatic rings. The number of hydrogen-bond acceptors (Lipinski definition) is 3. The summed E-state index contributed by atoms with van der Waals surface area (Å²) in [5.41, 5.74) is 0.0774. The first-order valence-electron chi connectivity index (χ1n) is 2.61. The zero-order valence-corrected chi connectivity index (χ0v) is 7.86. The Kier molecular flexibility index (Phi) is 4.26. The van der Waals surface area contributed by atoms with Gasteiger partial charge in [-0.3, -0.25) is 10.1 Å². The normalized spacial score (nSPS) is 8.36. The van der Waals surface area contributed by atoms with Crippen LogP contribution in [0.15, 0.2) is 29.2 Å². The van der Waals surface area contributed by atoms with E-state index in [1.165, 1.54) is 24.3 Å². The van der Waals surface area contributed by atoms with E-state index >= 15 is 0 Å². The first-order chi connectivity index (χ1) is 4.70. The van der Waals surface area contributed by atoms with Gasteiger partial charge in [0.15, 0.2) is 0 Å². The molecule has 0 saturated heterocycles. The van der Waals surface area contributed by atoms with Gasteiger partial charge in [-0.15, -0.1) is 0 Å². The summed E-state index contributed by atoms with van der Waals surface area (Å²) in [5.74, 6) is 0. The summed E-state index contributed by atoms with van der Waals surface area (Å²) in [7, 11) is 0. The third-order valence-corrected chi connectivity index (χ3v) is 1.32. The molecule has 5 heteroatoms. The van der Waals surface area contributed by atoms with E-state index in [1.807, 2.05) is 0 Å². The number of nitro groups is 1. The van der Waals surface area contributed by atoms with Gasteiger partial charge in [-0.2, -0.15) is 4.90 Å². The van der Waals surface area contributed by atoms with E-state index in [4.69, 9.17) is 12.6 Å². The van der Waals surface area contributed by atoms with Crippen molar-refractivity contribution >= 4 is 18.3 Å². The molecule has 0 fully saturated rings. The Bertz CT molecular complexity index is 249. The second-order valence-corrected chi connectivity index (χ2v) is 2.22. The van der Waals surface area contributed by atoms with Crippen molar-refractivity contribution in [3.63, 3.8) is 0 Å². The first kappa shape index (κ1) is 10.6. The zero-order valence-electron chi connectivity index (χ0n) is 5.48. The molecule has 0 spiro atoms. The summed E-state index contributed by atoms with van der Waals surface area (Å²) in [6.45, 7) is 0. The third kappa shape index (κ3) is 2.97. The fourth-order valence-electron chi connectivity index (χ4n) is 0.568. The molecule has 0 aliphatic heterocycles. The molecule has 0 aliphatic carbocycles. The average Bonchev–Trinajstić information content (AvgIpc) is 1.88. The second kappa shape index (κ2) is 4.44. The van der Waals surface area contributed by atoms with E-state index in [-0.39, 0.29) is 27.4 Å². The molecule has 0 saturated carbocycles. The molecular weight excluding hydrogens is 198 g/mol. The van der Waals surface area contributed by atoms with Crippen LogP contribution in [-0.2, 0) is 34.3 Å². The van der Waals surface area contributed by atoms with Crippen LogP contribution in [0.3, 0.4) is 0 Å². The average molecular weight is 202 g/mol. The molecular formula is C6H4NO2STi-. The van der Waals surface area contributed by atoms with E-state index in [0.717, 1.165) is 0 Å². The van der Waals surface area contributed by atoms with Crippen LogP contribution < -0.4 is 0 Å². The Morgan fingerprint density at radius 1 is 1.27 bits per heavy atom. The molecule has 0 bridgehead atoms. The Hall–Kier alpha value is -0.446. The van der Waals surface area contributed by atoms with E-state index in [2.05, 4.69) is 0 Å². The fraction of sp³-hybridized carbons (Fsp3) is 0.